The molecule has 0 aromatic heterocycles. The number of amides is 2. The van der Waals surface area contributed by atoms with Gasteiger partial charge in [-0.3, -0.25) is 4.79 Å². The fraction of sp³-hybridized carbons (Fsp3) is 0.769. The van der Waals surface area contributed by atoms with Crippen molar-refractivity contribution in [2.24, 2.45) is 11.3 Å². The lowest BCUT2D eigenvalue weighted by atomic mass is 9.78. The molecule has 2 amide bonds. The van der Waals surface area contributed by atoms with E-state index in [1.165, 1.54) is 12.0 Å². The SMILES string of the molecule is COC(=O)C(C(C)C)N1CCC2(CN(C(=O)O)C2)C1=O. The highest BCUT2D eigenvalue weighted by atomic mass is 16.5. The maximum absolute atomic E-state index is 12.5. The van der Waals surface area contributed by atoms with Gasteiger partial charge < -0.3 is 19.6 Å². The molecule has 2 fully saturated rings. The van der Waals surface area contributed by atoms with Crippen LogP contribution in [0.2, 0.25) is 0 Å². The van der Waals surface area contributed by atoms with E-state index in [1.54, 1.807) is 4.90 Å². The molecule has 0 bridgehead atoms. The van der Waals surface area contributed by atoms with Crippen molar-refractivity contribution in [3.8, 4) is 0 Å². The molecule has 0 saturated carbocycles. The molecule has 7 heteroatoms. The monoisotopic (exact) mass is 284 g/mol. The van der Waals surface area contributed by atoms with Gasteiger partial charge in [-0.05, 0) is 12.3 Å². The molecule has 20 heavy (non-hydrogen) atoms. The lowest BCUT2D eigenvalue weighted by molar-refractivity contribution is -0.157. The average Bonchev–Trinajstić information content (AvgIpc) is 2.65. The molecular weight excluding hydrogens is 264 g/mol. The smallest absolute Gasteiger partial charge is 0.407 e. The lowest BCUT2D eigenvalue weighted by Crippen LogP contribution is -2.62. The third-order valence-corrected chi connectivity index (χ3v) is 4.21. The van der Waals surface area contributed by atoms with Crippen LogP contribution < -0.4 is 0 Å². The number of likely N-dealkylation sites (tertiary alicyclic amines) is 2. The Morgan fingerprint density at radius 3 is 2.40 bits per heavy atom. The fourth-order valence-electron chi connectivity index (χ4n) is 3.11. The van der Waals surface area contributed by atoms with Crippen molar-refractivity contribution in [3.05, 3.63) is 0 Å². The van der Waals surface area contributed by atoms with Crippen LogP contribution in [0.4, 0.5) is 4.79 Å². The molecule has 7 nitrogen and oxygen atoms in total. The van der Waals surface area contributed by atoms with Gasteiger partial charge >= 0.3 is 12.1 Å². The highest BCUT2D eigenvalue weighted by Crippen LogP contribution is 2.42. The zero-order valence-electron chi connectivity index (χ0n) is 12.0. The predicted octanol–water partition coefficient (Wildman–Crippen LogP) is 0.396. The summed E-state index contributed by atoms with van der Waals surface area (Å²) >= 11 is 0. The molecule has 0 aromatic carbocycles. The Morgan fingerprint density at radius 2 is 1.95 bits per heavy atom. The standard InChI is InChI=1S/C13H20N2O5/c1-8(2)9(10(16)20-3)15-5-4-13(11(15)17)6-14(7-13)12(18)19/h8-9H,4-7H2,1-3H3,(H,18,19). The van der Waals surface area contributed by atoms with Gasteiger partial charge in [0.1, 0.15) is 6.04 Å². The topological polar surface area (TPSA) is 87.2 Å². The van der Waals surface area contributed by atoms with Gasteiger partial charge in [0.05, 0.1) is 12.5 Å². The van der Waals surface area contributed by atoms with E-state index in [0.717, 1.165) is 0 Å². The van der Waals surface area contributed by atoms with Crippen molar-refractivity contribution in [2.75, 3.05) is 26.7 Å². The lowest BCUT2D eigenvalue weighted by Gasteiger charge is -2.45. The van der Waals surface area contributed by atoms with Crippen molar-refractivity contribution < 1.29 is 24.2 Å². The first-order valence-corrected chi connectivity index (χ1v) is 6.69. The van der Waals surface area contributed by atoms with Gasteiger partial charge in [0.15, 0.2) is 0 Å². The van der Waals surface area contributed by atoms with Crippen molar-refractivity contribution in [3.63, 3.8) is 0 Å². The van der Waals surface area contributed by atoms with Gasteiger partial charge in [-0.2, -0.15) is 0 Å². The van der Waals surface area contributed by atoms with E-state index in [0.29, 0.717) is 13.0 Å². The van der Waals surface area contributed by atoms with Gasteiger partial charge in [0.25, 0.3) is 0 Å². The van der Waals surface area contributed by atoms with Crippen LogP contribution >= 0.6 is 0 Å². The van der Waals surface area contributed by atoms with Crippen molar-refractivity contribution in [2.45, 2.75) is 26.3 Å². The Hall–Kier alpha value is -1.79. The summed E-state index contributed by atoms with van der Waals surface area (Å²) in [7, 11) is 1.31. The van der Waals surface area contributed by atoms with Crippen LogP contribution in [0.1, 0.15) is 20.3 Å². The number of hydrogen-bond acceptors (Lipinski definition) is 4. The second-order valence-corrected chi connectivity index (χ2v) is 5.88. The summed E-state index contributed by atoms with van der Waals surface area (Å²) in [6.07, 6.45) is -0.411. The molecule has 0 aliphatic carbocycles. The molecule has 1 N–H and O–H groups in total. The third-order valence-electron chi connectivity index (χ3n) is 4.21. The van der Waals surface area contributed by atoms with Crippen LogP contribution in [-0.2, 0) is 14.3 Å². The fourth-order valence-corrected chi connectivity index (χ4v) is 3.11. The van der Waals surface area contributed by atoms with E-state index in [4.69, 9.17) is 9.84 Å². The molecule has 1 spiro atoms. The largest absolute Gasteiger partial charge is 0.467 e. The summed E-state index contributed by atoms with van der Waals surface area (Å²) in [5.41, 5.74) is -0.625. The first kappa shape index (κ1) is 14.6. The number of carbonyl (C=O) groups is 3. The summed E-state index contributed by atoms with van der Waals surface area (Å²) in [4.78, 5) is 38.0. The Morgan fingerprint density at radius 1 is 1.35 bits per heavy atom. The average molecular weight is 284 g/mol. The minimum atomic E-state index is -1.00. The van der Waals surface area contributed by atoms with Crippen LogP contribution in [0.3, 0.4) is 0 Å². The zero-order chi connectivity index (χ0) is 15.1. The molecule has 0 radical (unpaired) electrons. The Balaban J connectivity index is 2.11. The summed E-state index contributed by atoms with van der Waals surface area (Å²) in [5, 5.41) is 8.88. The number of nitrogens with zero attached hydrogens (tertiary/aromatic N) is 2. The first-order valence-electron chi connectivity index (χ1n) is 6.69. The Kier molecular flexibility index (Phi) is 3.62. The summed E-state index contributed by atoms with van der Waals surface area (Å²) in [6.45, 7) is 4.66. The molecular formula is C13H20N2O5. The molecule has 1 unspecified atom stereocenters. The van der Waals surface area contributed by atoms with E-state index >= 15 is 0 Å². The number of ether oxygens (including phenoxy) is 1. The number of hydrogen-bond donors (Lipinski definition) is 1. The number of carbonyl (C=O) groups excluding carboxylic acids is 2. The molecule has 0 aromatic rings. The molecule has 2 rings (SSSR count). The molecule has 112 valence electrons. The van der Waals surface area contributed by atoms with Crippen LogP contribution in [0, 0.1) is 11.3 Å². The van der Waals surface area contributed by atoms with Crippen molar-refractivity contribution in [1.82, 2.24) is 9.80 Å². The van der Waals surface area contributed by atoms with E-state index in [1.807, 2.05) is 13.8 Å². The minimum absolute atomic E-state index is 0.0443. The van der Waals surface area contributed by atoms with Crippen LogP contribution in [0.15, 0.2) is 0 Å². The molecule has 2 aliphatic heterocycles. The van der Waals surface area contributed by atoms with Crippen LogP contribution in [0.5, 0.6) is 0 Å². The molecule has 2 heterocycles. The van der Waals surface area contributed by atoms with Crippen molar-refractivity contribution >= 4 is 18.0 Å². The number of esters is 1. The third kappa shape index (κ3) is 2.10. The van der Waals surface area contributed by atoms with E-state index < -0.39 is 23.5 Å². The number of methoxy groups -OCH3 is 1. The quantitative estimate of drug-likeness (QED) is 0.758. The molecule has 1 atom stereocenters. The maximum Gasteiger partial charge on any atom is 0.407 e. The summed E-state index contributed by atoms with van der Waals surface area (Å²) in [6, 6.07) is -0.592. The molecule has 2 aliphatic rings. The number of rotatable bonds is 3. The van der Waals surface area contributed by atoms with Crippen LogP contribution in [-0.4, -0.2) is 65.7 Å². The molecule has 2 saturated heterocycles. The normalized spacial score (nSPS) is 22.1. The van der Waals surface area contributed by atoms with Crippen LogP contribution in [0.25, 0.3) is 0 Å². The summed E-state index contributed by atoms with van der Waals surface area (Å²) in [5.74, 6) is -0.587. The minimum Gasteiger partial charge on any atom is -0.467 e. The van der Waals surface area contributed by atoms with Gasteiger partial charge in [-0.25, -0.2) is 9.59 Å². The number of carboxylic acid groups (broad SMARTS) is 1. The van der Waals surface area contributed by atoms with Gasteiger partial charge in [0, 0.05) is 19.6 Å². The second kappa shape index (κ2) is 4.96. The highest BCUT2D eigenvalue weighted by Gasteiger charge is 2.58. The Bertz CT molecular complexity index is 442. The predicted molar refractivity (Wildman–Crippen MR) is 69.0 cm³/mol. The zero-order valence-corrected chi connectivity index (χ0v) is 12.0. The van der Waals surface area contributed by atoms with E-state index in [2.05, 4.69) is 0 Å². The van der Waals surface area contributed by atoms with Crippen molar-refractivity contribution in [1.29, 1.82) is 0 Å². The van der Waals surface area contributed by atoms with E-state index in [9.17, 15) is 14.4 Å². The van der Waals surface area contributed by atoms with E-state index in [-0.39, 0.29) is 24.9 Å². The first-order chi connectivity index (χ1) is 9.32. The van der Waals surface area contributed by atoms with Gasteiger partial charge in [-0.1, -0.05) is 13.8 Å². The maximum atomic E-state index is 12.5. The highest BCUT2D eigenvalue weighted by molar-refractivity contribution is 5.92. The van der Waals surface area contributed by atoms with Gasteiger partial charge in [-0.15, -0.1) is 0 Å². The second-order valence-electron chi connectivity index (χ2n) is 5.88. The Labute approximate surface area is 117 Å². The van der Waals surface area contributed by atoms with Gasteiger partial charge in [0.2, 0.25) is 5.91 Å². The summed E-state index contributed by atoms with van der Waals surface area (Å²) < 4.78 is 4.78.